The molecule has 0 saturated carbocycles. The average molecular weight is 500 g/mol. The second kappa shape index (κ2) is 9.95. The largest absolute Gasteiger partial charge is 0.416 e. The lowest BCUT2D eigenvalue weighted by Gasteiger charge is -2.20. The summed E-state index contributed by atoms with van der Waals surface area (Å²) in [4.78, 5) is 12.5. The molecule has 6 nitrogen and oxygen atoms in total. The number of nitrogens with one attached hydrogen (secondary N) is 1. The Morgan fingerprint density at radius 3 is 2.48 bits per heavy atom. The van der Waals surface area contributed by atoms with Crippen LogP contribution in [0.15, 0.2) is 58.6 Å². The molecule has 0 saturated heterocycles. The van der Waals surface area contributed by atoms with E-state index in [2.05, 4.69) is 5.32 Å². The first-order valence-electron chi connectivity index (χ1n) is 9.71. The second-order valence-electron chi connectivity index (χ2n) is 7.26. The number of alkyl halides is 3. The van der Waals surface area contributed by atoms with Gasteiger partial charge >= 0.3 is 6.18 Å². The van der Waals surface area contributed by atoms with Crippen LogP contribution >= 0.6 is 12.4 Å². The van der Waals surface area contributed by atoms with E-state index in [1.54, 1.807) is 0 Å². The lowest BCUT2D eigenvalue weighted by molar-refractivity contribution is -0.137. The van der Waals surface area contributed by atoms with Crippen LogP contribution in [0.1, 0.15) is 42.5 Å². The van der Waals surface area contributed by atoms with Gasteiger partial charge in [-0.1, -0.05) is 19.1 Å². The van der Waals surface area contributed by atoms with E-state index in [9.17, 15) is 26.4 Å². The first-order valence-corrected chi connectivity index (χ1v) is 11.4. The summed E-state index contributed by atoms with van der Waals surface area (Å²) in [5, 5.41) is 12.0. The van der Waals surface area contributed by atoms with Crippen LogP contribution in [0.25, 0.3) is 0 Å². The van der Waals surface area contributed by atoms with Crippen LogP contribution in [0, 0.1) is 11.3 Å². The molecule has 3 rings (SSSR count). The van der Waals surface area contributed by atoms with Crippen LogP contribution in [0.5, 0.6) is 0 Å². The number of anilines is 1. The minimum atomic E-state index is -4.53. The summed E-state index contributed by atoms with van der Waals surface area (Å²) < 4.78 is 64.3. The van der Waals surface area contributed by atoms with Gasteiger partial charge in [-0.2, -0.15) is 18.4 Å². The fraction of sp³-hybridized carbons (Fsp3) is 0.273. The van der Waals surface area contributed by atoms with Crippen LogP contribution in [0.4, 0.5) is 18.9 Å². The van der Waals surface area contributed by atoms with E-state index < -0.39 is 27.6 Å². The SMILES string of the molecule is CCS(=O)(=O)c1cc(C#N)ccc1C(N)C1=C(Nc2cccc(C(F)(F)F)c2)CCC1=O.Cl. The molecule has 0 aromatic heterocycles. The number of nitrogens with two attached hydrogens (primary N) is 1. The van der Waals surface area contributed by atoms with Gasteiger partial charge in [0.2, 0.25) is 0 Å². The van der Waals surface area contributed by atoms with Crippen LogP contribution < -0.4 is 11.1 Å². The van der Waals surface area contributed by atoms with E-state index in [-0.39, 0.29) is 64.1 Å². The number of halogens is 4. The number of nitriles is 1. The van der Waals surface area contributed by atoms with E-state index in [1.165, 1.54) is 37.3 Å². The number of allylic oxidation sites excluding steroid dienone is 1. The predicted molar refractivity (Wildman–Crippen MR) is 119 cm³/mol. The average Bonchev–Trinajstić information content (AvgIpc) is 3.12. The maximum absolute atomic E-state index is 13.0. The van der Waals surface area contributed by atoms with Crippen molar-refractivity contribution in [3.8, 4) is 6.07 Å². The number of carbonyl (C=O) groups is 1. The molecule has 1 unspecified atom stereocenters. The molecule has 176 valence electrons. The van der Waals surface area contributed by atoms with Crippen molar-refractivity contribution in [2.45, 2.75) is 36.9 Å². The Hall–Kier alpha value is -2.87. The summed E-state index contributed by atoms with van der Waals surface area (Å²) in [6.45, 7) is 1.45. The van der Waals surface area contributed by atoms with Gasteiger partial charge in [-0.05, 0) is 42.3 Å². The van der Waals surface area contributed by atoms with E-state index in [4.69, 9.17) is 11.0 Å². The molecule has 0 spiro atoms. The quantitative estimate of drug-likeness (QED) is 0.604. The summed E-state index contributed by atoms with van der Waals surface area (Å²) in [5.74, 6) is -0.555. The number of hydrogen-bond acceptors (Lipinski definition) is 6. The normalized spacial score (nSPS) is 15.1. The number of Topliss-reactive ketones (excluding diaryl/α,β-unsaturated/α-hetero) is 1. The lowest BCUT2D eigenvalue weighted by atomic mass is 9.96. The molecule has 1 aliphatic carbocycles. The molecule has 0 radical (unpaired) electrons. The van der Waals surface area contributed by atoms with Gasteiger partial charge in [0.1, 0.15) is 0 Å². The second-order valence-corrected chi connectivity index (χ2v) is 9.51. The molecule has 0 fully saturated rings. The van der Waals surface area contributed by atoms with Crippen molar-refractivity contribution < 1.29 is 26.4 Å². The third kappa shape index (κ3) is 5.55. The fourth-order valence-corrected chi connectivity index (χ4v) is 4.73. The number of ketones is 1. The maximum atomic E-state index is 13.0. The Kier molecular flexibility index (Phi) is 7.96. The van der Waals surface area contributed by atoms with Crippen molar-refractivity contribution in [1.29, 1.82) is 5.26 Å². The zero-order valence-electron chi connectivity index (χ0n) is 17.4. The number of rotatable bonds is 6. The van der Waals surface area contributed by atoms with E-state index in [1.807, 2.05) is 6.07 Å². The molecule has 0 bridgehead atoms. The number of sulfone groups is 1. The first kappa shape index (κ1) is 26.4. The maximum Gasteiger partial charge on any atom is 0.416 e. The molecule has 0 amide bonds. The third-order valence-electron chi connectivity index (χ3n) is 5.22. The Bertz CT molecular complexity index is 1250. The first-order chi connectivity index (χ1) is 15.0. The molecule has 0 aliphatic heterocycles. The molecule has 33 heavy (non-hydrogen) atoms. The van der Waals surface area contributed by atoms with Gasteiger partial charge in [0, 0.05) is 23.4 Å². The molecule has 0 heterocycles. The van der Waals surface area contributed by atoms with Gasteiger partial charge < -0.3 is 11.1 Å². The van der Waals surface area contributed by atoms with Gasteiger partial charge in [0.15, 0.2) is 15.6 Å². The Labute approximate surface area is 195 Å². The van der Waals surface area contributed by atoms with Crippen molar-refractivity contribution in [2.24, 2.45) is 5.73 Å². The number of hydrogen-bond donors (Lipinski definition) is 2. The highest BCUT2D eigenvalue weighted by Crippen LogP contribution is 2.36. The standard InChI is InChI=1S/C22H20F3N3O3S.ClH/c1-2-32(30,31)19-10-13(12-26)6-7-16(19)21(27)20-17(8-9-18(20)29)28-15-5-3-4-14(11-15)22(23,24)25;/h3-7,10-11,21,28H,2,8-9,27H2,1H3;1H. The van der Waals surface area contributed by atoms with Gasteiger partial charge in [-0.25, -0.2) is 8.42 Å². The topological polar surface area (TPSA) is 113 Å². The molecule has 1 aliphatic rings. The Morgan fingerprint density at radius 1 is 1.18 bits per heavy atom. The van der Waals surface area contributed by atoms with Gasteiger partial charge in [-0.3, -0.25) is 4.79 Å². The molecule has 2 aromatic rings. The lowest BCUT2D eigenvalue weighted by Crippen LogP contribution is -2.22. The van der Waals surface area contributed by atoms with Crippen molar-refractivity contribution in [2.75, 3.05) is 11.1 Å². The summed E-state index contributed by atoms with van der Waals surface area (Å²) in [7, 11) is -3.76. The predicted octanol–water partition coefficient (Wildman–Crippen LogP) is 4.52. The minimum absolute atomic E-state index is 0. The van der Waals surface area contributed by atoms with Gasteiger partial charge in [0.05, 0.1) is 33.9 Å². The highest BCUT2D eigenvalue weighted by atomic mass is 35.5. The highest BCUT2D eigenvalue weighted by Gasteiger charge is 2.33. The smallest absolute Gasteiger partial charge is 0.358 e. The van der Waals surface area contributed by atoms with E-state index >= 15 is 0 Å². The summed E-state index contributed by atoms with van der Waals surface area (Å²) in [6.07, 6.45) is -4.20. The number of benzene rings is 2. The third-order valence-corrected chi connectivity index (χ3v) is 7.00. The Morgan fingerprint density at radius 2 is 1.88 bits per heavy atom. The summed E-state index contributed by atoms with van der Waals surface area (Å²) in [5.41, 5.74) is 6.35. The van der Waals surface area contributed by atoms with Crippen molar-refractivity contribution >= 4 is 33.7 Å². The number of carbonyl (C=O) groups excluding carboxylic acids is 1. The minimum Gasteiger partial charge on any atom is -0.358 e. The molecular weight excluding hydrogens is 479 g/mol. The van der Waals surface area contributed by atoms with Crippen LogP contribution in [-0.4, -0.2) is 20.0 Å². The number of nitrogens with zero attached hydrogens (tertiary/aromatic N) is 1. The van der Waals surface area contributed by atoms with Crippen LogP contribution in [0.2, 0.25) is 0 Å². The van der Waals surface area contributed by atoms with Gasteiger partial charge in [-0.15, -0.1) is 12.4 Å². The zero-order valence-corrected chi connectivity index (χ0v) is 19.1. The van der Waals surface area contributed by atoms with E-state index in [0.717, 1.165) is 12.1 Å². The van der Waals surface area contributed by atoms with Crippen molar-refractivity contribution in [3.05, 3.63) is 70.4 Å². The highest BCUT2D eigenvalue weighted by molar-refractivity contribution is 7.91. The van der Waals surface area contributed by atoms with E-state index in [0.29, 0.717) is 5.70 Å². The molecular formula is C22H21ClF3N3O3S. The molecule has 3 N–H and O–H groups in total. The Balaban J connectivity index is 0.00000385. The summed E-state index contributed by atoms with van der Waals surface area (Å²) >= 11 is 0. The van der Waals surface area contributed by atoms with Crippen LogP contribution in [-0.2, 0) is 20.8 Å². The fourth-order valence-electron chi connectivity index (χ4n) is 3.56. The molecule has 11 heteroatoms. The van der Waals surface area contributed by atoms with Crippen molar-refractivity contribution in [3.63, 3.8) is 0 Å². The molecule has 1 atom stereocenters. The van der Waals surface area contributed by atoms with Gasteiger partial charge in [0.25, 0.3) is 0 Å². The molecule has 2 aromatic carbocycles. The zero-order chi connectivity index (χ0) is 23.7. The monoisotopic (exact) mass is 499 g/mol. The summed E-state index contributed by atoms with van der Waals surface area (Å²) in [6, 6.07) is 9.30. The van der Waals surface area contributed by atoms with Crippen LogP contribution in [0.3, 0.4) is 0 Å². The van der Waals surface area contributed by atoms with Crippen molar-refractivity contribution in [1.82, 2.24) is 0 Å².